The summed E-state index contributed by atoms with van der Waals surface area (Å²) < 4.78 is 10.3. The van der Waals surface area contributed by atoms with Crippen molar-refractivity contribution >= 4 is 34.9 Å². The van der Waals surface area contributed by atoms with Gasteiger partial charge in [-0.15, -0.1) is 0 Å². The number of carbonyl (C=O) groups excluding carboxylic acids is 4. The van der Waals surface area contributed by atoms with Crippen LogP contribution in [0, 0.1) is 0 Å². The van der Waals surface area contributed by atoms with E-state index < -0.39 is 18.6 Å². The molecule has 2 saturated heterocycles. The van der Waals surface area contributed by atoms with Gasteiger partial charge in [0.1, 0.15) is 5.75 Å². The summed E-state index contributed by atoms with van der Waals surface area (Å²) in [5.74, 6) is -1.03. The summed E-state index contributed by atoms with van der Waals surface area (Å²) in [6.07, 6.45) is 0.125. The van der Waals surface area contributed by atoms with Crippen molar-refractivity contribution in [1.82, 2.24) is 4.90 Å². The van der Waals surface area contributed by atoms with E-state index in [2.05, 4.69) is 21.9 Å². The highest BCUT2D eigenvalue weighted by Gasteiger charge is 2.43. The van der Waals surface area contributed by atoms with E-state index in [1.54, 1.807) is 36.4 Å². The molecule has 0 radical (unpaired) electrons. The lowest BCUT2D eigenvalue weighted by atomic mass is 10.1. The van der Waals surface area contributed by atoms with Crippen molar-refractivity contribution in [3.63, 3.8) is 0 Å². The zero-order valence-electron chi connectivity index (χ0n) is 21.6. The lowest BCUT2D eigenvalue weighted by Gasteiger charge is -2.38. The van der Waals surface area contributed by atoms with Crippen LogP contribution in [0.1, 0.15) is 27.1 Å². The minimum absolute atomic E-state index is 0.125. The number of nitrogens with zero attached hydrogens (tertiary/aromatic N) is 3. The van der Waals surface area contributed by atoms with Crippen molar-refractivity contribution < 1.29 is 28.7 Å². The zero-order valence-corrected chi connectivity index (χ0v) is 21.6. The number of imide groups is 1. The molecular formula is C30H29N3O6. The number of esters is 1. The maximum Gasteiger partial charge on any atom is 0.338 e. The van der Waals surface area contributed by atoms with Crippen LogP contribution in [-0.4, -0.2) is 74.4 Å². The van der Waals surface area contributed by atoms with Gasteiger partial charge in [0, 0.05) is 37.4 Å². The predicted molar refractivity (Wildman–Crippen MR) is 145 cm³/mol. The fraction of sp³-hybridized carbons (Fsp3) is 0.267. The minimum Gasteiger partial charge on any atom is -0.497 e. The van der Waals surface area contributed by atoms with Gasteiger partial charge in [-0.25, -0.2) is 9.69 Å². The smallest absolute Gasteiger partial charge is 0.338 e. The Labute approximate surface area is 226 Å². The number of rotatable bonds is 8. The van der Waals surface area contributed by atoms with Crippen molar-refractivity contribution in [1.29, 1.82) is 0 Å². The highest BCUT2D eigenvalue weighted by molar-refractivity contribution is 6.22. The first kappa shape index (κ1) is 26.1. The quantitative estimate of drug-likeness (QED) is 0.250. The van der Waals surface area contributed by atoms with E-state index in [1.165, 1.54) is 24.1 Å². The molecule has 0 N–H and O–H groups in total. The fourth-order valence-corrected chi connectivity index (χ4v) is 4.94. The van der Waals surface area contributed by atoms with Crippen molar-refractivity contribution in [2.45, 2.75) is 12.5 Å². The Morgan fingerprint density at radius 3 is 2.23 bits per heavy atom. The van der Waals surface area contributed by atoms with E-state index in [9.17, 15) is 19.2 Å². The number of Topliss-reactive ketones (excluding diaryl/α,β-unsaturated/α-hetero) is 1. The van der Waals surface area contributed by atoms with Crippen LogP contribution < -0.4 is 14.5 Å². The predicted octanol–water partition coefficient (Wildman–Crippen LogP) is 3.19. The van der Waals surface area contributed by atoms with E-state index in [0.717, 1.165) is 18.8 Å². The number of carbonyl (C=O) groups is 4. The number of methoxy groups -OCH3 is 1. The summed E-state index contributed by atoms with van der Waals surface area (Å²) in [6, 6.07) is 22.3. The highest BCUT2D eigenvalue weighted by atomic mass is 16.5. The number of piperazine rings is 1. The Morgan fingerprint density at radius 2 is 1.54 bits per heavy atom. The molecule has 0 spiro atoms. The van der Waals surface area contributed by atoms with Crippen LogP contribution in [-0.2, 0) is 14.3 Å². The molecular weight excluding hydrogens is 498 g/mol. The summed E-state index contributed by atoms with van der Waals surface area (Å²) >= 11 is 0. The van der Waals surface area contributed by atoms with Gasteiger partial charge in [-0.2, -0.15) is 0 Å². The summed E-state index contributed by atoms with van der Waals surface area (Å²) in [4.78, 5) is 56.5. The van der Waals surface area contributed by atoms with Gasteiger partial charge in [0.15, 0.2) is 12.4 Å². The van der Waals surface area contributed by atoms with Gasteiger partial charge in [-0.1, -0.05) is 30.3 Å². The van der Waals surface area contributed by atoms with Gasteiger partial charge in [-0.3, -0.25) is 19.3 Å². The molecule has 3 aromatic carbocycles. The molecule has 2 amide bonds. The minimum atomic E-state index is -0.675. The lowest BCUT2D eigenvalue weighted by molar-refractivity contribution is -0.123. The molecule has 9 nitrogen and oxygen atoms in total. The average molecular weight is 528 g/mol. The highest BCUT2D eigenvalue weighted by Crippen LogP contribution is 2.27. The van der Waals surface area contributed by atoms with Gasteiger partial charge in [-0.05, 0) is 48.5 Å². The van der Waals surface area contributed by atoms with Crippen molar-refractivity contribution in [2.75, 3.05) is 49.7 Å². The Kier molecular flexibility index (Phi) is 7.69. The number of hydrogen-bond acceptors (Lipinski definition) is 8. The Hall–Kier alpha value is -4.50. The number of amides is 2. The SMILES string of the molecule is COc1cccc(C(=O)COC(=O)c2ccc(N3C(=O)CC(N4CCN(c5ccccc5)CC4)C3=O)cc2)c1. The molecule has 1 atom stereocenters. The van der Waals surface area contributed by atoms with Gasteiger partial charge in [0.2, 0.25) is 5.91 Å². The number of ketones is 1. The summed E-state index contributed by atoms with van der Waals surface area (Å²) in [7, 11) is 1.50. The molecule has 2 heterocycles. The molecule has 2 fully saturated rings. The summed E-state index contributed by atoms with van der Waals surface area (Å²) in [5, 5.41) is 0. The van der Waals surface area contributed by atoms with Crippen molar-refractivity contribution in [3.05, 3.63) is 90.0 Å². The molecule has 1 unspecified atom stereocenters. The molecule has 0 aliphatic carbocycles. The number of anilines is 2. The third-order valence-electron chi connectivity index (χ3n) is 7.09. The van der Waals surface area contributed by atoms with Crippen LogP contribution in [0.2, 0.25) is 0 Å². The molecule has 2 aliphatic heterocycles. The van der Waals surface area contributed by atoms with Gasteiger partial charge >= 0.3 is 5.97 Å². The molecule has 0 saturated carbocycles. The lowest BCUT2D eigenvalue weighted by Crippen LogP contribution is -2.52. The topological polar surface area (TPSA) is 96.5 Å². The van der Waals surface area contributed by atoms with Crippen LogP contribution in [0.4, 0.5) is 11.4 Å². The number of para-hydroxylation sites is 1. The Morgan fingerprint density at radius 1 is 0.821 bits per heavy atom. The normalized spacial score (nSPS) is 17.8. The van der Waals surface area contributed by atoms with Crippen molar-refractivity contribution in [2.24, 2.45) is 0 Å². The molecule has 39 heavy (non-hydrogen) atoms. The maximum atomic E-state index is 13.3. The van der Waals surface area contributed by atoms with Crippen LogP contribution >= 0.6 is 0 Å². The third-order valence-corrected chi connectivity index (χ3v) is 7.09. The fourth-order valence-electron chi connectivity index (χ4n) is 4.94. The summed E-state index contributed by atoms with van der Waals surface area (Å²) in [5.41, 5.74) is 2.14. The van der Waals surface area contributed by atoms with E-state index >= 15 is 0 Å². The van der Waals surface area contributed by atoms with Crippen LogP contribution in [0.5, 0.6) is 5.75 Å². The van der Waals surface area contributed by atoms with Crippen LogP contribution in [0.25, 0.3) is 0 Å². The molecule has 3 aromatic rings. The molecule has 200 valence electrons. The van der Waals surface area contributed by atoms with E-state index in [-0.39, 0.29) is 29.6 Å². The van der Waals surface area contributed by atoms with Gasteiger partial charge in [0.25, 0.3) is 5.91 Å². The number of hydrogen-bond donors (Lipinski definition) is 0. The second kappa shape index (κ2) is 11.5. The first-order chi connectivity index (χ1) is 18.9. The standard InChI is InChI=1S/C30H29N3O6/c1-38-25-9-5-6-22(18-25)27(34)20-39-30(37)21-10-12-24(13-11-21)33-28(35)19-26(29(33)36)32-16-14-31(15-17-32)23-7-3-2-4-8-23/h2-13,18,26H,14-17,19-20H2,1H3. The largest absolute Gasteiger partial charge is 0.497 e. The van der Waals surface area contributed by atoms with Gasteiger partial charge in [0.05, 0.1) is 30.8 Å². The van der Waals surface area contributed by atoms with Gasteiger partial charge < -0.3 is 14.4 Å². The Bertz CT molecular complexity index is 1370. The first-order valence-electron chi connectivity index (χ1n) is 12.8. The monoisotopic (exact) mass is 527 g/mol. The average Bonchev–Trinajstić information content (AvgIpc) is 3.29. The second-order valence-electron chi connectivity index (χ2n) is 9.42. The van der Waals surface area contributed by atoms with Crippen LogP contribution in [0.3, 0.4) is 0 Å². The molecule has 0 bridgehead atoms. The maximum absolute atomic E-state index is 13.3. The summed E-state index contributed by atoms with van der Waals surface area (Å²) in [6.45, 7) is 2.51. The van der Waals surface area contributed by atoms with Crippen LogP contribution in [0.15, 0.2) is 78.9 Å². The first-order valence-corrected chi connectivity index (χ1v) is 12.8. The van der Waals surface area contributed by atoms with E-state index in [1.807, 2.05) is 18.2 Å². The second-order valence-corrected chi connectivity index (χ2v) is 9.42. The third kappa shape index (κ3) is 5.68. The molecule has 0 aromatic heterocycles. The molecule has 5 rings (SSSR count). The molecule has 9 heteroatoms. The number of benzene rings is 3. The van der Waals surface area contributed by atoms with E-state index in [4.69, 9.17) is 9.47 Å². The zero-order chi connectivity index (χ0) is 27.4. The van der Waals surface area contributed by atoms with E-state index in [0.29, 0.717) is 30.1 Å². The van der Waals surface area contributed by atoms with Crippen molar-refractivity contribution in [3.8, 4) is 5.75 Å². The Balaban J connectivity index is 1.17. The number of ether oxygens (including phenoxy) is 2. The molecule has 2 aliphatic rings.